The van der Waals surface area contributed by atoms with Crippen molar-refractivity contribution >= 4 is 11.7 Å². The van der Waals surface area contributed by atoms with Crippen LogP contribution in [0.4, 0.5) is 19.0 Å². The monoisotopic (exact) mass is 328 g/mol. The largest absolute Gasteiger partial charge is 0.504 e. The molecule has 0 aliphatic rings. The zero-order valence-corrected chi connectivity index (χ0v) is 11.7. The Kier molecular flexibility index (Phi) is 4.34. The predicted octanol–water partition coefficient (Wildman–Crippen LogP) is 1.56. The topological polar surface area (TPSA) is 97.1 Å². The van der Waals surface area contributed by atoms with E-state index >= 15 is 0 Å². The normalized spacial score (nSPS) is 12.7. The molecule has 0 saturated heterocycles. The molecule has 0 radical (unpaired) electrons. The second kappa shape index (κ2) is 6.07. The second-order valence-corrected chi connectivity index (χ2v) is 4.54. The highest BCUT2D eigenvalue weighted by Gasteiger charge is 2.34. The van der Waals surface area contributed by atoms with Crippen molar-refractivity contribution in [3.8, 4) is 5.75 Å². The first kappa shape index (κ1) is 16.5. The first-order valence-electron chi connectivity index (χ1n) is 6.32. The number of nitrogens with zero attached hydrogens (tertiary/aromatic N) is 3. The molecule has 0 saturated carbocycles. The van der Waals surface area contributed by atoms with Gasteiger partial charge in [-0.05, 0) is 25.1 Å². The van der Waals surface area contributed by atoms with E-state index in [1.54, 1.807) is 0 Å². The van der Waals surface area contributed by atoms with Gasteiger partial charge < -0.3 is 10.4 Å². The third kappa shape index (κ3) is 3.65. The number of hydrogen-bond acceptors (Lipinski definition) is 5. The second-order valence-electron chi connectivity index (χ2n) is 4.54. The molecule has 2 heterocycles. The lowest BCUT2D eigenvalue weighted by molar-refractivity contribution is -0.142. The van der Waals surface area contributed by atoms with Crippen molar-refractivity contribution in [1.82, 2.24) is 14.8 Å². The van der Waals surface area contributed by atoms with E-state index in [1.165, 1.54) is 25.3 Å². The number of pyridine rings is 1. The lowest BCUT2D eigenvalue weighted by Crippen LogP contribution is -2.34. The van der Waals surface area contributed by atoms with Crippen molar-refractivity contribution < 1.29 is 23.1 Å². The van der Waals surface area contributed by atoms with Crippen LogP contribution in [0, 0.1) is 0 Å². The Morgan fingerprint density at radius 2 is 2.04 bits per heavy atom. The number of nitrogens with one attached hydrogen (secondary N) is 1. The highest BCUT2D eigenvalue weighted by Crippen LogP contribution is 2.26. The van der Waals surface area contributed by atoms with Crippen LogP contribution in [0.15, 0.2) is 35.3 Å². The van der Waals surface area contributed by atoms with Crippen LogP contribution >= 0.6 is 0 Å². The minimum Gasteiger partial charge on any atom is -0.504 e. The SMILES string of the molecule is CC(C(=O)Nc1ncccc1O)n1nc(C(F)(F)F)ccc1=O. The van der Waals surface area contributed by atoms with Gasteiger partial charge in [0.2, 0.25) is 5.91 Å². The molecule has 2 aromatic heterocycles. The lowest BCUT2D eigenvalue weighted by atomic mass is 10.3. The van der Waals surface area contributed by atoms with Crippen molar-refractivity contribution in [1.29, 1.82) is 0 Å². The van der Waals surface area contributed by atoms with Crippen molar-refractivity contribution in [2.45, 2.75) is 19.1 Å². The van der Waals surface area contributed by atoms with Crippen LogP contribution in [0.1, 0.15) is 18.7 Å². The maximum Gasteiger partial charge on any atom is 0.435 e. The van der Waals surface area contributed by atoms with E-state index < -0.39 is 29.4 Å². The maximum absolute atomic E-state index is 12.6. The molecular formula is C13H11F3N4O3. The Morgan fingerprint density at radius 1 is 1.35 bits per heavy atom. The first-order chi connectivity index (χ1) is 10.7. The Bertz CT molecular complexity index is 789. The van der Waals surface area contributed by atoms with Crippen molar-refractivity contribution in [2.75, 3.05) is 5.32 Å². The van der Waals surface area contributed by atoms with Gasteiger partial charge in [-0.3, -0.25) is 9.59 Å². The summed E-state index contributed by atoms with van der Waals surface area (Å²) in [6.45, 7) is 1.20. The van der Waals surface area contributed by atoms with E-state index in [-0.39, 0.29) is 11.6 Å². The molecule has 1 atom stereocenters. The number of amides is 1. The molecule has 7 nitrogen and oxygen atoms in total. The number of anilines is 1. The fraction of sp³-hybridized carbons (Fsp3) is 0.231. The first-order valence-corrected chi connectivity index (χ1v) is 6.32. The average molecular weight is 328 g/mol. The van der Waals surface area contributed by atoms with E-state index in [0.29, 0.717) is 16.8 Å². The Hall–Kier alpha value is -2.91. The minimum absolute atomic E-state index is 0.177. The third-order valence-electron chi connectivity index (χ3n) is 2.89. The van der Waals surface area contributed by atoms with Gasteiger partial charge in [0, 0.05) is 12.3 Å². The van der Waals surface area contributed by atoms with Gasteiger partial charge in [0.25, 0.3) is 5.56 Å². The fourth-order valence-corrected chi connectivity index (χ4v) is 1.68. The van der Waals surface area contributed by atoms with Gasteiger partial charge in [0.15, 0.2) is 17.3 Å². The van der Waals surface area contributed by atoms with E-state index in [4.69, 9.17) is 0 Å². The van der Waals surface area contributed by atoms with Crippen LogP contribution < -0.4 is 10.9 Å². The molecule has 0 aromatic carbocycles. The molecule has 0 bridgehead atoms. The van der Waals surface area contributed by atoms with E-state index in [1.807, 2.05) is 0 Å². The Balaban J connectivity index is 2.29. The van der Waals surface area contributed by atoms with Gasteiger partial charge in [-0.1, -0.05) is 0 Å². The van der Waals surface area contributed by atoms with Crippen molar-refractivity contribution in [2.24, 2.45) is 0 Å². The van der Waals surface area contributed by atoms with Gasteiger partial charge in [0.05, 0.1) is 0 Å². The molecule has 0 aliphatic carbocycles. The fourth-order valence-electron chi connectivity index (χ4n) is 1.68. The number of aromatic hydroxyl groups is 1. The van der Waals surface area contributed by atoms with Crippen molar-refractivity contribution in [3.05, 3.63) is 46.5 Å². The smallest absolute Gasteiger partial charge is 0.435 e. The Labute approximate surface area is 127 Å². The maximum atomic E-state index is 12.6. The van der Waals surface area contributed by atoms with E-state index in [9.17, 15) is 27.9 Å². The van der Waals surface area contributed by atoms with Crippen molar-refractivity contribution in [3.63, 3.8) is 0 Å². The number of carbonyl (C=O) groups excluding carboxylic acids is 1. The third-order valence-corrected chi connectivity index (χ3v) is 2.89. The molecule has 23 heavy (non-hydrogen) atoms. The van der Waals surface area contributed by atoms with Crippen LogP contribution in [-0.2, 0) is 11.0 Å². The number of aromatic nitrogens is 3. The molecule has 122 valence electrons. The molecule has 0 spiro atoms. The van der Waals surface area contributed by atoms with Crippen LogP contribution in [0.25, 0.3) is 0 Å². The molecule has 10 heteroatoms. The molecule has 1 amide bonds. The summed E-state index contributed by atoms with van der Waals surface area (Å²) in [5.74, 6) is -1.35. The van der Waals surface area contributed by atoms with Gasteiger partial charge in [0.1, 0.15) is 6.04 Å². The van der Waals surface area contributed by atoms with Gasteiger partial charge in [-0.2, -0.15) is 18.3 Å². The molecule has 0 fully saturated rings. The summed E-state index contributed by atoms with van der Waals surface area (Å²) in [6.07, 6.45) is -3.44. The lowest BCUT2D eigenvalue weighted by Gasteiger charge is -2.15. The summed E-state index contributed by atoms with van der Waals surface area (Å²) in [5.41, 5.74) is -2.16. The average Bonchev–Trinajstić information content (AvgIpc) is 2.48. The zero-order valence-electron chi connectivity index (χ0n) is 11.7. The number of halogens is 3. The van der Waals surface area contributed by atoms with Crippen LogP contribution in [-0.4, -0.2) is 25.8 Å². The van der Waals surface area contributed by atoms with Crippen LogP contribution in [0.3, 0.4) is 0 Å². The molecule has 2 rings (SSSR count). The summed E-state index contributed by atoms with van der Waals surface area (Å²) in [7, 11) is 0. The highest BCUT2D eigenvalue weighted by molar-refractivity contribution is 5.93. The van der Waals surface area contributed by atoms with Gasteiger partial charge in [-0.15, -0.1) is 0 Å². The summed E-state index contributed by atoms with van der Waals surface area (Å²) in [6, 6.07) is 2.56. The Morgan fingerprint density at radius 3 is 2.65 bits per heavy atom. The standard InChI is InChI=1S/C13H11F3N4O3/c1-7(12(23)18-11-8(21)3-2-6-17-11)20-10(22)5-4-9(19-20)13(14,15)16/h2-7,21H,1H3,(H,17,18,23). The predicted molar refractivity (Wildman–Crippen MR) is 72.7 cm³/mol. The highest BCUT2D eigenvalue weighted by atomic mass is 19.4. The van der Waals surface area contributed by atoms with E-state index in [0.717, 1.165) is 0 Å². The van der Waals surface area contributed by atoms with Crippen LogP contribution in [0.5, 0.6) is 5.75 Å². The quantitative estimate of drug-likeness (QED) is 0.891. The molecular weight excluding hydrogens is 317 g/mol. The molecule has 1 unspecified atom stereocenters. The number of carbonyl (C=O) groups is 1. The summed E-state index contributed by atoms with van der Waals surface area (Å²) >= 11 is 0. The summed E-state index contributed by atoms with van der Waals surface area (Å²) < 4.78 is 38.3. The number of rotatable bonds is 3. The molecule has 0 aliphatic heterocycles. The summed E-state index contributed by atoms with van der Waals surface area (Å²) in [5, 5.41) is 14.9. The number of hydrogen-bond donors (Lipinski definition) is 2. The van der Waals surface area contributed by atoms with Crippen LogP contribution in [0.2, 0.25) is 0 Å². The summed E-state index contributed by atoms with van der Waals surface area (Å²) in [4.78, 5) is 27.4. The molecule has 2 aromatic rings. The van der Waals surface area contributed by atoms with Gasteiger partial charge in [-0.25, -0.2) is 9.67 Å². The molecule has 2 N–H and O–H groups in total. The number of alkyl halides is 3. The van der Waals surface area contributed by atoms with E-state index in [2.05, 4.69) is 15.4 Å². The zero-order chi connectivity index (χ0) is 17.2. The van der Waals surface area contributed by atoms with Gasteiger partial charge >= 0.3 is 6.18 Å². The minimum atomic E-state index is -4.75.